The van der Waals surface area contributed by atoms with Crippen molar-refractivity contribution in [1.82, 2.24) is 9.80 Å². The lowest BCUT2D eigenvalue weighted by atomic mass is 9.88. The molecule has 0 N–H and O–H groups in total. The summed E-state index contributed by atoms with van der Waals surface area (Å²) in [6.07, 6.45) is 17.9. The molecule has 206 valence electrons. The summed E-state index contributed by atoms with van der Waals surface area (Å²) >= 11 is 0. The minimum Gasteiger partial charge on any atom is -0.303 e. The fourth-order valence-electron chi connectivity index (χ4n) is 7.50. The molecule has 0 aromatic heterocycles. The minimum atomic E-state index is 0.794. The standard InChI is InChI=1S/C37H48N2/c1-28(9-6-14-36-15-8-18-38(36)2)33-13-7-12-31(23-33)21-30-16-19-39(20-17-30)27-35-25-32(24-34-26-37(34)35)22-29-10-4-3-5-11-29/h3-5,7,10-13,23-25,30,34,36-37H,1,6,8-9,14-22,26-27H2,2H3. The molecule has 2 aromatic rings. The molecule has 0 radical (unpaired) electrons. The zero-order valence-electron chi connectivity index (χ0n) is 24.2. The fraction of sp³-hybridized carbons (Fsp3) is 0.514. The molecule has 3 fully saturated rings. The van der Waals surface area contributed by atoms with Crippen molar-refractivity contribution in [3.8, 4) is 0 Å². The average Bonchev–Trinajstić information content (AvgIpc) is 3.63. The van der Waals surface area contributed by atoms with Gasteiger partial charge < -0.3 is 4.90 Å². The van der Waals surface area contributed by atoms with E-state index in [1.165, 1.54) is 105 Å². The summed E-state index contributed by atoms with van der Waals surface area (Å²) in [5, 5.41) is 0. The largest absolute Gasteiger partial charge is 0.303 e. The van der Waals surface area contributed by atoms with Crippen molar-refractivity contribution in [3.63, 3.8) is 0 Å². The first kappa shape index (κ1) is 26.8. The van der Waals surface area contributed by atoms with Gasteiger partial charge in [0.25, 0.3) is 0 Å². The quantitative estimate of drug-likeness (QED) is 0.296. The molecular weight excluding hydrogens is 472 g/mol. The monoisotopic (exact) mass is 520 g/mol. The maximum absolute atomic E-state index is 4.47. The highest BCUT2D eigenvalue weighted by Gasteiger charge is 2.41. The van der Waals surface area contributed by atoms with Gasteiger partial charge in [-0.1, -0.05) is 78.9 Å². The van der Waals surface area contributed by atoms with Crippen LogP contribution in [0.3, 0.4) is 0 Å². The second-order valence-corrected chi connectivity index (χ2v) is 13.0. The van der Waals surface area contributed by atoms with E-state index >= 15 is 0 Å². The number of rotatable bonds is 11. The summed E-state index contributed by atoms with van der Waals surface area (Å²) in [4.78, 5) is 5.28. The Morgan fingerprint density at radius 1 is 0.949 bits per heavy atom. The van der Waals surface area contributed by atoms with E-state index in [2.05, 4.69) is 90.2 Å². The molecule has 2 aliphatic carbocycles. The van der Waals surface area contributed by atoms with Crippen molar-refractivity contribution in [3.05, 3.63) is 101 Å². The third kappa shape index (κ3) is 7.02. The molecule has 2 saturated heterocycles. The Balaban J connectivity index is 0.959. The maximum Gasteiger partial charge on any atom is 0.0199 e. The molecule has 0 spiro atoms. The van der Waals surface area contributed by atoms with Crippen LogP contribution in [-0.4, -0.2) is 49.1 Å². The summed E-state index contributed by atoms with van der Waals surface area (Å²) in [6.45, 7) is 9.43. The topological polar surface area (TPSA) is 6.48 Å². The highest BCUT2D eigenvalue weighted by atomic mass is 15.1. The van der Waals surface area contributed by atoms with E-state index in [0.29, 0.717) is 0 Å². The van der Waals surface area contributed by atoms with Gasteiger partial charge in [0.1, 0.15) is 0 Å². The van der Waals surface area contributed by atoms with Gasteiger partial charge in [-0.15, -0.1) is 0 Å². The lowest BCUT2D eigenvalue weighted by molar-refractivity contribution is 0.194. The van der Waals surface area contributed by atoms with Gasteiger partial charge in [-0.3, -0.25) is 4.90 Å². The fourth-order valence-corrected chi connectivity index (χ4v) is 7.50. The number of allylic oxidation sites excluding steroid dienone is 4. The molecule has 0 bridgehead atoms. The van der Waals surface area contributed by atoms with Crippen molar-refractivity contribution < 1.29 is 0 Å². The Bertz CT molecular complexity index is 1180. The van der Waals surface area contributed by atoms with Crippen LogP contribution in [0.1, 0.15) is 68.1 Å². The van der Waals surface area contributed by atoms with E-state index in [-0.39, 0.29) is 0 Å². The van der Waals surface area contributed by atoms with E-state index in [1.54, 1.807) is 5.57 Å². The zero-order valence-corrected chi connectivity index (χ0v) is 24.2. The van der Waals surface area contributed by atoms with Gasteiger partial charge in [0, 0.05) is 12.6 Å². The molecule has 4 aliphatic rings. The van der Waals surface area contributed by atoms with Crippen molar-refractivity contribution >= 4 is 5.57 Å². The van der Waals surface area contributed by atoms with Gasteiger partial charge in [0.05, 0.1) is 0 Å². The number of likely N-dealkylation sites (tertiary alicyclic amines) is 2. The van der Waals surface area contributed by atoms with Crippen LogP contribution in [0.15, 0.2) is 84.5 Å². The number of hydrogen-bond acceptors (Lipinski definition) is 2. The molecule has 2 aliphatic heterocycles. The van der Waals surface area contributed by atoms with Crippen LogP contribution >= 0.6 is 0 Å². The molecule has 2 heterocycles. The van der Waals surface area contributed by atoms with Crippen LogP contribution in [0.25, 0.3) is 5.57 Å². The van der Waals surface area contributed by atoms with E-state index in [1.807, 2.05) is 0 Å². The lowest BCUT2D eigenvalue weighted by Gasteiger charge is -2.33. The van der Waals surface area contributed by atoms with Crippen LogP contribution in [0.2, 0.25) is 0 Å². The summed E-state index contributed by atoms with van der Waals surface area (Å²) in [5.74, 6) is 2.45. The molecule has 39 heavy (non-hydrogen) atoms. The smallest absolute Gasteiger partial charge is 0.0199 e. The predicted molar refractivity (Wildman–Crippen MR) is 166 cm³/mol. The van der Waals surface area contributed by atoms with Crippen LogP contribution in [0.4, 0.5) is 0 Å². The minimum absolute atomic E-state index is 0.794. The van der Waals surface area contributed by atoms with Crippen LogP contribution in [0.5, 0.6) is 0 Å². The molecule has 2 heteroatoms. The molecule has 3 atom stereocenters. The normalized spacial score (nSPS) is 25.7. The first-order valence-corrected chi connectivity index (χ1v) is 15.8. The third-order valence-corrected chi connectivity index (χ3v) is 10.0. The predicted octanol–water partition coefficient (Wildman–Crippen LogP) is 7.96. The summed E-state index contributed by atoms with van der Waals surface area (Å²) in [5.41, 5.74) is 8.88. The van der Waals surface area contributed by atoms with Gasteiger partial charge in [0.15, 0.2) is 0 Å². The Morgan fingerprint density at radius 2 is 1.77 bits per heavy atom. The number of nitrogens with zero attached hydrogens (tertiary/aromatic N) is 2. The van der Waals surface area contributed by atoms with Crippen molar-refractivity contribution in [2.45, 2.75) is 70.3 Å². The molecule has 3 unspecified atom stereocenters. The highest BCUT2D eigenvalue weighted by molar-refractivity contribution is 5.63. The Labute approximate surface area is 237 Å². The first-order valence-electron chi connectivity index (χ1n) is 15.8. The maximum atomic E-state index is 4.47. The zero-order chi connectivity index (χ0) is 26.6. The molecule has 6 rings (SSSR count). The van der Waals surface area contributed by atoms with Gasteiger partial charge in [-0.05, 0) is 136 Å². The van der Waals surface area contributed by atoms with Crippen LogP contribution < -0.4 is 0 Å². The van der Waals surface area contributed by atoms with Crippen LogP contribution in [-0.2, 0) is 12.8 Å². The molecular formula is C37H48N2. The molecule has 2 aromatic carbocycles. The lowest BCUT2D eigenvalue weighted by Crippen LogP contribution is -2.36. The number of fused-ring (bicyclic) bond motifs is 1. The Hall–Kier alpha value is -2.42. The van der Waals surface area contributed by atoms with Gasteiger partial charge in [0.2, 0.25) is 0 Å². The van der Waals surface area contributed by atoms with Crippen molar-refractivity contribution in [2.75, 3.05) is 33.2 Å². The second kappa shape index (κ2) is 12.4. The number of benzene rings is 2. The SMILES string of the molecule is C=C(CCCC1CCCN1C)c1cccc(CC2CCN(CC3=CC(Cc4ccccc4)=CC4CC34)CC2)c1. The summed E-state index contributed by atoms with van der Waals surface area (Å²) in [6, 6.07) is 21.1. The number of piperidine rings is 1. The van der Waals surface area contributed by atoms with E-state index in [0.717, 1.165) is 36.6 Å². The second-order valence-electron chi connectivity index (χ2n) is 13.0. The van der Waals surface area contributed by atoms with Crippen molar-refractivity contribution in [1.29, 1.82) is 0 Å². The van der Waals surface area contributed by atoms with E-state index in [4.69, 9.17) is 0 Å². The van der Waals surface area contributed by atoms with Gasteiger partial charge in [-0.2, -0.15) is 0 Å². The average molecular weight is 521 g/mol. The summed E-state index contributed by atoms with van der Waals surface area (Å²) < 4.78 is 0. The molecule has 2 nitrogen and oxygen atoms in total. The van der Waals surface area contributed by atoms with Gasteiger partial charge >= 0.3 is 0 Å². The third-order valence-electron chi connectivity index (χ3n) is 10.0. The summed E-state index contributed by atoms with van der Waals surface area (Å²) in [7, 11) is 2.29. The van der Waals surface area contributed by atoms with E-state index < -0.39 is 0 Å². The van der Waals surface area contributed by atoms with E-state index in [9.17, 15) is 0 Å². The first-order chi connectivity index (χ1) is 19.1. The molecule has 0 amide bonds. The van der Waals surface area contributed by atoms with Crippen molar-refractivity contribution in [2.24, 2.45) is 17.8 Å². The Morgan fingerprint density at radius 3 is 2.56 bits per heavy atom. The molecule has 1 saturated carbocycles. The Kier molecular flexibility index (Phi) is 8.51. The highest BCUT2D eigenvalue weighted by Crippen LogP contribution is 2.49. The number of hydrogen-bond donors (Lipinski definition) is 0. The van der Waals surface area contributed by atoms with Crippen LogP contribution in [0, 0.1) is 17.8 Å². The van der Waals surface area contributed by atoms with Gasteiger partial charge in [-0.25, -0.2) is 0 Å².